The molecule has 100 valence electrons. The first-order valence-corrected chi connectivity index (χ1v) is 6.67. The van der Waals surface area contributed by atoms with Crippen molar-refractivity contribution in [3.8, 4) is 0 Å². The van der Waals surface area contributed by atoms with Gasteiger partial charge in [0, 0.05) is 11.6 Å². The molecule has 1 N–H and O–H groups in total. The number of carbonyl (C=O) groups is 1. The van der Waals surface area contributed by atoms with Crippen molar-refractivity contribution in [2.45, 2.75) is 32.8 Å². The summed E-state index contributed by atoms with van der Waals surface area (Å²) in [5, 5.41) is 3.66. The van der Waals surface area contributed by atoms with Crippen molar-refractivity contribution >= 4 is 34.8 Å². The van der Waals surface area contributed by atoms with Crippen molar-refractivity contribution in [3.63, 3.8) is 0 Å². The lowest BCUT2D eigenvalue weighted by Crippen LogP contribution is -2.28. The molecule has 0 aliphatic heterocycles. The number of hydrogen-bond acceptors (Lipinski definition) is 2. The van der Waals surface area contributed by atoms with E-state index in [1.807, 2.05) is 0 Å². The van der Waals surface area contributed by atoms with Gasteiger partial charge in [0.15, 0.2) is 0 Å². The van der Waals surface area contributed by atoms with Crippen molar-refractivity contribution < 1.29 is 9.53 Å². The Kier molecular flexibility index (Phi) is 6.47. The molecule has 0 aromatic heterocycles. The van der Waals surface area contributed by atoms with Crippen LogP contribution in [0.3, 0.4) is 0 Å². The van der Waals surface area contributed by atoms with E-state index in [0.717, 1.165) is 12.8 Å². The predicted octanol–water partition coefficient (Wildman–Crippen LogP) is 4.14. The van der Waals surface area contributed by atoms with Gasteiger partial charge < -0.3 is 10.1 Å². The Morgan fingerprint density at radius 3 is 2.78 bits per heavy atom. The molecular weight excluding hydrogens is 273 g/mol. The minimum Gasteiger partial charge on any atom is -0.369 e. The number of anilines is 1. The fourth-order valence-electron chi connectivity index (χ4n) is 1.31. The highest BCUT2D eigenvalue weighted by Crippen LogP contribution is 2.25. The summed E-state index contributed by atoms with van der Waals surface area (Å²) in [7, 11) is 0. The van der Waals surface area contributed by atoms with E-state index in [-0.39, 0.29) is 5.91 Å². The van der Waals surface area contributed by atoms with E-state index >= 15 is 0 Å². The number of carbonyl (C=O) groups excluding carboxylic acids is 1. The molecule has 1 unspecified atom stereocenters. The Bertz CT molecular complexity index is 410. The topological polar surface area (TPSA) is 38.3 Å². The van der Waals surface area contributed by atoms with Crippen molar-refractivity contribution in [2.75, 3.05) is 11.9 Å². The lowest BCUT2D eigenvalue weighted by molar-refractivity contribution is -0.126. The molecule has 18 heavy (non-hydrogen) atoms. The maximum Gasteiger partial charge on any atom is 0.253 e. The van der Waals surface area contributed by atoms with Crippen LogP contribution in [-0.4, -0.2) is 18.6 Å². The van der Waals surface area contributed by atoms with Crippen molar-refractivity contribution in [1.82, 2.24) is 0 Å². The summed E-state index contributed by atoms with van der Waals surface area (Å²) in [6, 6.07) is 4.92. The second-order valence-corrected chi connectivity index (χ2v) is 4.82. The molecule has 0 fully saturated rings. The molecule has 1 rings (SSSR count). The van der Waals surface area contributed by atoms with Crippen LogP contribution >= 0.6 is 23.2 Å². The SMILES string of the molecule is CCCCOC(C)C(=O)Nc1ccc(Cl)cc1Cl. The third-order valence-electron chi connectivity index (χ3n) is 2.42. The first-order valence-electron chi connectivity index (χ1n) is 5.92. The summed E-state index contributed by atoms with van der Waals surface area (Å²) in [4.78, 5) is 11.8. The van der Waals surface area contributed by atoms with Crippen LogP contribution in [0.4, 0.5) is 5.69 Å². The molecule has 0 saturated heterocycles. The van der Waals surface area contributed by atoms with Gasteiger partial charge in [0.2, 0.25) is 0 Å². The molecule has 0 spiro atoms. The summed E-state index contributed by atoms with van der Waals surface area (Å²) >= 11 is 11.7. The standard InChI is InChI=1S/C13H17Cl2NO2/c1-3-4-7-18-9(2)13(17)16-12-6-5-10(14)8-11(12)15/h5-6,8-9H,3-4,7H2,1-2H3,(H,16,17). The van der Waals surface area contributed by atoms with Gasteiger partial charge in [0.25, 0.3) is 5.91 Å². The lowest BCUT2D eigenvalue weighted by Gasteiger charge is -2.14. The number of ether oxygens (including phenoxy) is 1. The molecule has 0 saturated carbocycles. The highest BCUT2D eigenvalue weighted by molar-refractivity contribution is 6.36. The predicted molar refractivity (Wildman–Crippen MR) is 75.4 cm³/mol. The Morgan fingerprint density at radius 2 is 2.17 bits per heavy atom. The molecule has 3 nitrogen and oxygen atoms in total. The van der Waals surface area contributed by atoms with E-state index in [1.165, 1.54) is 0 Å². The number of rotatable bonds is 6. The van der Waals surface area contributed by atoms with Gasteiger partial charge >= 0.3 is 0 Å². The number of amides is 1. The summed E-state index contributed by atoms with van der Waals surface area (Å²) in [5.41, 5.74) is 0.539. The summed E-state index contributed by atoms with van der Waals surface area (Å²) in [6.45, 7) is 4.37. The Hall–Kier alpha value is -0.770. The normalized spacial score (nSPS) is 12.2. The first kappa shape index (κ1) is 15.3. The van der Waals surface area contributed by atoms with Crippen LogP contribution in [0.25, 0.3) is 0 Å². The second-order valence-electron chi connectivity index (χ2n) is 3.98. The first-order chi connectivity index (χ1) is 8.54. The zero-order valence-electron chi connectivity index (χ0n) is 10.5. The fourth-order valence-corrected chi connectivity index (χ4v) is 1.76. The molecule has 5 heteroatoms. The molecule has 0 heterocycles. The van der Waals surface area contributed by atoms with E-state index in [0.29, 0.717) is 22.3 Å². The van der Waals surface area contributed by atoms with E-state index in [1.54, 1.807) is 25.1 Å². The van der Waals surface area contributed by atoms with Crippen molar-refractivity contribution in [2.24, 2.45) is 0 Å². The van der Waals surface area contributed by atoms with E-state index in [4.69, 9.17) is 27.9 Å². The van der Waals surface area contributed by atoms with Crippen LogP contribution in [0.15, 0.2) is 18.2 Å². The molecule has 1 aromatic rings. The molecule has 0 aliphatic rings. The zero-order valence-corrected chi connectivity index (χ0v) is 12.0. The van der Waals surface area contributed by atoms with Crippen LogP contribution in [0, 0.1) is 0 Å². The molecule has 1 aromatic carbocycles. The largest absolute Gasteiger partial charge is 0.369 e. The van der Waals surface area contributed by atoms with Gasteiger partial charge in [0.05, 0.1) is 10.7 Å². The monoisotopic (exact) mass is 289 g/mol. The summed E-state index contributed by atoms with van der Waals surface area (Å²) < 4.78 is 5.40. The number of benzene rings is 1. The van der Waals surface area contributed by atoms with Gasteiger partial charge in [-0.25, -0.2) is 0 Å². The summed E-state index contributed by atoms with van der Waals surface area (Å²) in [6.07, 6.45) is 1.49. The molecule has 1 atom stereocenters. The van der Waals surface area contributed by atoms with Crippen LogP contribution in [0.5, 0.6) is 0 Å². The third kappa shape index (κ3) is 4.84. The molecule has 1 amide bonds. The summed E-state index contributed by atoms with van der Waals surface area (Å²) in [5.74, 6) is -0.213. The molecular formula is C13H17Cl2NO2. The van der Waals surface area contributed by atoms with Gasteiger partial charge in [-0.1, -0.05) is 36.5 Å². The highest BCUT2D eigenvalue weighted by Gasteiger charge is 2.14. The second kappa shape index (κ2) is 7.62. The number of unbranched alkanes of at least 4 members (excludes halogenated alkanes) is 1. The average molecular weight is 290 g/mol. The lowest BCUT2D eigenvalue weighted by atomic mass is 10.3. The highest BCUT2D eigenvalue weighted by atomic mass is 35.5. The minimum absolute atomic E-state index is 0.213. The molecule has 0 radical (unpaired) electrons. The quantitative estimate of drug-likeness (QED) is 0.800. The maximum absolute atomic E-state index is 11.8. The Balaban J connectivity index is 2.53. The number of nitrogens with one attached hydrogen (secondary N) is 1. The van der Waals surface area contributed by atoms with Gasteiger partial charge in [-0.2, -0.15) is 0 Å². The van der Waals surface area contributed by atoms with Gasteiger partial charge in [0.1, 0.15) is 6.10 Å². The van der Waals surface area contributed by atoms with Gasteiger partial charge in [-0.3, -0.25) is 4.79 Å². The Labute approximate surface area is 117 Å². The molecule has 0 bridgehead atoms. The van der Waals surface area contributed by atoms with Crippen LogP contribution in [-0.2, 0) is 9.53 Å². The minimum atomic E-state index is -0.497. The Morgan fingerprint density at radius 1 is 1.44 bits per heavy atom. The average Bonchev–Trinajstić information content (AvgIpc) is 2.32. The molecule has 0 aliphatic carbocycles. The van der Waals surface area contributed by atoms with Crippen molar-refractivity contribution in [1.29, 1.82) is 0 Å². The third-order valence-corrected chi connectivity index (χ3v) is 2.97. The maximum atomic E-state index is 11.8. The van der Waals surface area contributed by atoms with Gasteiger partial charge in [-0.15, -0.1) is 0 Å². The van der Waals surface area contributed by atoms with Crippen LogP contribution in [0.2, 0.25) is 10.0 Å². The zero-order chi connectivity index (χ0) is 13.5. The van der Waals surface area contributed by atoms with Gasteiger partial charge in [-0.05, 0) is 31.5 Å². The number of halogens is 2. The van der Waals surface area contributed by atoms with E-state index < -0.39 is 6.10 Å². The smallest absolute Gasteiger partial charge is 0.253 e. The van der Waals surface area contributed by atoms with E-state index in [9.17, 15) is 4.79 Å². The van der Waals surface area contributed by atoms with Crippen molar-refractivity contribution in [3.05, 3.63) is 28.2 Å². The van der Waals surface area contributed by atoms with Crippen LogP contribution < -0.4 is 5.32 Å². The van der Waals surface area contributed by atoms with Crippen LogP contribution in [0.1, 0.15) is 26.7 Å². The number of hydrogen-bond donors (Lipinski definition) is 1. The van der Waals surface area contributed by atoms with E-state index in [2.05, 4.69) is 12.2 Å². The fraction of sp³-hybridized carbons (Fsp3) is 0.462.